The van der Waals surface area contributed by atoms with Crippen LogP contribution in [0.3, 0.4) is 0 Å². The van der Waals surface area contributed by atoms with Gasteiger partial charge < -0.3 is 0 Å². The van der Waals surface area contributed by atoms with Crippen molar-refractivity contribution in [2.45, 2.75) is 12.8 Å². The summed E-state index contributed by atoms with van der Waals surface area (Å²) < 4.78 is 1.99. The topological polar surface area (TPSA) is 30.7 Å². The minimum atomic E-state index is 0.738. The van der Waals surface area contributed by atoms with Crippen molar-refractivity contribution in [1.82, 2.24) is 14.8 Å². The molecule has 3 aromatic rings. The Bertz CT molecular complexity index is 775. The monoisotopic (exact) mass is 281 g/mol. The highest BCUT2D eigenvalue weighted by Crippen LogP contribution is 2.32. The molecular formula is C16H12ClN3. The van der Waals surface area contributed by atoms with Gasteiger partial charge in [0.1, 0.15) is 0 Å². The Labute approximate surface area is 121 Å². The molecule has 0 fully saturated rings. The summed E-state index contributed by atoms with van der Waals surface area (Å²) >= 11 is 5.94. The maximum absolute atomic E-state index is 5.94. The van der Waals surface area contributed by atoms with Gasteiger partial charge in [0.2, 0.25) is 0 Å². The van der Waals surface area contributed by atoms with E-state index in [0.717, 1.165) is 34.8 Å². The highest BCUT2D eigenvalue weighted by Gasteiger charge is 2.21. The second-order valence-corrected chi connectivity index (χ2v) is 5.34. The minimum Gasteiger partial charge on any atom is -0.256 e. The van der Waals surface area contributed by atoms with Crippen molar-refractivity contribution in [2.75, 3.05) is 0 Å². The molecule has 0 atom stereocenters. The zero-order valence-corrected chi connectivity index (χ0v) is 11.5. The average Bonchev–Trinajstić information content (AvgIpc) is 2.92. The van der Waals surface area contributed by atoms with Gasteiger partial charge in [-0.15, -0.1) is 0 Å². The number of fused-ring (bicyclic) bond motifs is 3. The number of halogens is 1. The molecular weight excluding hydrogens is 270 g/mol. The number of aromatic nitrogens is 3. The van der Waals surface area contributed by atoms with E-state index < -0.39 is 0 Å². The fourth-order valence-electron chi connectivity index (χ4n) is 2.75. The van der Waals surface area contributed by atoms with Crippen LogP contribution in [0, 0.1) is 0 Å². The number of hydrogen-bond acceptors (Lipinski definition) is 2. The summed E-state index contributed by atoms with van der Waals surface area (Å²) in [5.41, 5.74) is 5.76. The zero-order valence-electron chi connectivity index (χ0n) is 10.8. The van der Waals surface area contributed by atoms with E-state index >= 15 is 0 Å². The van der Waals surface area contributed by atoms with E-state index in [1.54, 1.807) is 0 Å². The van der Waals surface area contributed by atoms with E-state index in [0.29, 0.717) is 0 Å². The van der Waals surface area contributed by atoms with Crippen LogP contribution in [0.2, 0.25) is 5.02 Å². The summed E-state index contributed by atoms with van der Waals surface area (Å²) in [7, 11) is 0. The van der Waals surface area contributed by atoms with Gasteiger partial charge in [-0.25, -0.2) is 4.68 Å². The van der Waals surface area contributed by atoms with E-state index in [2.05, 4.69) is 16.1 Å². The summed E-state index contributed by atoms with van der Waals surface area (Å²) in [5, 5.41) is 5.27. The molecule has 3 nitrogen and oxygen atoms in total. The highest BCUT2D eigenvalue weighted by atomic mass is 35.5. The first-order chi connectivity index (χ1) is 9.83. The second-order valence-electron chi connectivity index (χ2n) is 4.90. The van der Waals surface area contributed by atoms with Gasteiger partial charge in [0.15, 0.2) is 0 Å². The van der Waals surface area contributed by atoms with E-state index in [1.807, 2.05) is 47.4 Å². The molecule has 4 heteroatoms. The van der Waals surface area contributed by atoms with Gasteiger partial charge in [0.25, 0.3) is 0 Å². The van der Waals surface area contributed by atoms with Crippen molar-refractivity contribution in [2.24, 2.45) is 0 Å². The van der Waals surface area contributed by atoms with Crippen molar-refractivity contribution >= 4 is 11.6 Å². The Morgan fingerprint density at radius 1 is 1.05 bits per heavy atom. The molecule has 0 amide bonds. The molecule has 0 saturated carbocycles. The van der Waals surface area contributed by atoms with Crippen LogP contribution in [0.4, 0.5) is 0 Å². The fraction of sp³-hybridized carbons (Fsp3) is 0.125. The van der Waals surface area contributed by atoms with Crippen LogP contribution in [0.1, 0.15) is 11.3 Å². The summed E-state index contributed by atoms with van der Waals surface area (Å²) in [4.78, 5) is 4.51. The van der Waals surface area contributed by atoms with Crippen LogP contribution in [0.5, 0.6) is 0 Å². The van der Waals surface area contributed by atoms with Crippen molar-refractivity contribution in [1.29, 1.82) is 0 Å². The predicted molar refractivity (Wildman–Crippen MR) is 79.2 cm³/mol. The van der Waals surface area contributed by atoms with Gasteiger partial charge in [-0.1, -0.05) is 17.7 Å². The number of benzene rings is 1. The maximum Gasteiger partial charge on any atom is 0.0768 e. The molecule has 1 aliphatic carbocycles. The standard InChI is InChI=1S/C16H12ClN3/c17-12-4-6-13(7-5-12)20-15-8-3-11-2-1-9-18-16(11)14(15)10-19-20/h1-2,4-7,9-10H,3,8H2. The first kappa shape index (κ1) is 11.7. The third-order valence-electron chi connectivity index (χ3n) is 3.72. The minimum absolute atomic E-state index is 0.738. The molecule has 1 aliphatic rings. The lowest BCUT2D eigenvalue weighted by Crippen LogP contribution is -2.09. The molecule has 0 unspecified atom stereocenters. The van der Waals surface area contributed by atoms with Gasteiger partial charge >= 0.3 is 0 Å². The van der Waals surface area contributed by atoms with Gasteiger partial charge in [-0.3, -0.25) is 4.98 Å². The van der Waals surface area contributed by atoms with Gasteiger partial charge in [0, 0.05) is 16.8 Å². The zero-order chi connectivity index (χ0) is 13.5. The smallest absolute Gasteiger partial charge is 0.0768 e. The Balaban J connectivity index is 1.87. The van der Waals surface area contributed by atoms with Crippen molar-refractivity contribution < 1.29 is 0 Å². The van der Waals surface area contributed by atoms with Crippen molar-refractivity contribution in [3.8, 4) is 16.9 Å². The molecule has 98 valence electrons. The number of rotatable bonds is 1. The number of pyridine rings is 1. The third-order valence-corrected chi connectivity index (χ3v) is 3.97. The third kappa shape index (κ3) is 1.74. The largest absolute Gasteiger partial charge is 0.256 e. The molecule has 0 aliphatic heterocycles. The number of hydrogen-bond donors (Lipinski definition) is 0. The Morgan fingerprint density at radius 3 is 2.75 bits per heavy atom. The lowest BCUT2D eigenvalue weighted by atomic mass is 9.94. The highest BCUT2D eigenvalue weighted by molar-refractivity contribution is 6.30. The lowest BCUT2D eigenvalue weighted by molar-refractivity contribution is 0.779. The van der Waals surface area contributed by atoms with Crippen molar-refractivity contribution in [3.63, 3.8) is 0 Å². The Kier molecular flexibility index (Phi) is 2.60. The molecule has 0 N–H and O–H groups in total. The quantitative estimate of drug-likeness (QED) is 0.681. The van der Waals surface area contributed by atoms with Gasteiger partial charge in [0.05, 0.1) is 23.3 Å². The lowest BCUT2D eigenvalue weighted by Gasteiger charge is -2.16. The van der Waals surface area contributed by atoms with Crippen LogP contribution in [-0.2, 0) is 12.8 Å². The van der Waals surface area contributed by atoms with Crippen LogP contribution >= 0.6 is 11.6 Å². The predicted octanol–water partition coefficient (Wildman–Crippen LogP) is 3.69. The molecule has 4 rings (SSSR count). The maximum atomic E-state index is 5.94. The molecule has 2 aromatic heterocycles. The number of nitrogens with zero attached hydrogens (tertiary/aromatic N) is 3. The molecule has 0 radical (unpaired) electrons. The molecule has 0 saturated heterocycles. The SMILES string of the molecule is Clc1ccc(-n2ncc3c2CCc2cccnc2-3)cc1. The van der Waals surface area contributed by atoms with E-state index in [9.17, 15) is 0 Å². The fourth-order valence-corrected chi connectivity index (χ4v) is 2.88. The molecule has 0 spiro atoms. The first-order valence-corrected chi connectivity index (χ1v) is 6.98. The van der Waals surface area contributed by atoms with E-state index in [-0.39, 0.29) is 0 Å². The number of aryl methyl sites for hydroxylation is 1. The summed E-state index contributed by atoms with van der Waals surface area (Å²) in [6, 6.07) is 11.9. The van der Waals surface area contributed by atoms with E-state index in [1.165, 1.54) is 11.3 Å². The summed E-state index contributed by atoms with van der Waals surface area (Å²) in [6.07, 6.45) is 5.74. The van der Waals surface area contributed by atoms with Crippen molar-refractivity contribution in [3.05, 3.63) is 65.1 Å². The summed E-state index contributed by atoms with van der Waals surface area (Å²) in [6.45, 7) is 0. The molecule has 1 aromatic carbocycles. The molecule has 20 heavy (non-hydrogen) atoms. The average molecular weight is 282 g/mol. The van der Waals surface area contributed by atoms with Crippen LogP contribution in [-0.4, -0.2) is 14.8 Å². The normalized spacial score (nSPS) is 12.8. The van der Waals surface area contributed by atoms with E-state index in [4.69, 9.17) is 11.6 Å². The van der Waals surface area contributed by atoms with Gasteiger partial charge in [-0.05, 0) is 48.7 Å². The van der Waals surface area contributed by atoms with Gasteiger partial charge in [-0.2, -0.15) is 5.10 Å². The Hall–Kier alpha value is -2.13. The molecule has 2 heterocycles. The second kappa shape index (κ2) is 4.46. The first-order valence-electron chi connectivity index (χ1n) is 6.60. The van der Waals surface area contributed by atoms with Crippen LogP contribution < -0.4 is 0 Å². The molecule has 0 bridgehead atoms. The Morgan fingerprint density at radius 2 is 1.90 bits per heavy atom. The van der Waals surface area contributed by atoms with Crippen LogP contribution in [0.15, 0.2) is 48.8 Å². The van der Waals surface area contributed by atoms with Crippen LogP contribution in [0.25, 0.3) is 16.9 Å². The summed E-state index contributed by atoms with van der Waals surface area (Å²) in [5.74, 6) is 0.